The van der Waals surface area contributed by atoms with Crippen molar-refractivity contribution >= 4 is 9.84 Å². The second-order valence-corrected chi connectivity index (χ2v) is 8.85. The number of nitrogens with one attached hydrogen (secondary N) is 1. The lowest BCUT2D eigenvalue weighted by molar-refractivity contribution is 0.0663. The number of hydrogen-bond acceptors (Lipinski definition) is 4. The highest BCUT2D eigenvalue weighted by molar-refractivity contribution is 7.90. The van der Waals surface area contributed by atoms with Gasteiger partial charge in [-0.25, -0.2) is 8.42 Å². The molecule has 118 valence electrons. The first kappa shape index (κ1) is 16.5. The second-order valence-electron chi connectivity index (χ2n) is 6.59. The molecule has 0 aromatic heterocycles. The molecule has 5 heteroatoms. The molecule has 1 aromatic rings. The Kier molecular flexibility index (Phi) is 5.07. The van der Waals surface area contributed by atoms with E-state index in [2.05, 4.69) is 48.3 Å². The van der Waals surface area contributed by atoms with Gasteiger partial charge in [-0.1, -0.05) is 30.3 Å². The first-order chi connectivity index (χ1) is 9.78. The normalized spacial score (nSPS) is 23.1. The van der Waals surface area contributed by atoms with E-state index in [-0.39, 0.29) is 11.3 Å². The largest absolute Gasteiger partial charge is 0.307 e. The van der Waals surface area contributed by atoms with E-state index in [1.165, 1.54) is 11.8 Å². The molecular weight excluding hydrogens is 284 g/mol. The molecule has 1 N–H and O–H groups in total. The van der Waals surface area contributed by atoms with Crippen LogP contribution < -0.4 is 5.32 Å². The fourth-order valence-electron chi connectivity index (χ4n) is 2.84. The third-order valence-corrected chi connectivity index (χ3v) is 5.22. The van der Waals surface area contributed by atoms with Crippen molar-refractivity contribution in [1.29, 1.82) is 0 Å². The van der Waals surface area contributed by atoms with E-state index in [4.69, 9.17) is 0 Å². The van der Waals surface area contributed by atoms with Gasteiger partial charge in [0.2, 0.25) is 0 Å². The molecule has 1 aliphatic heterocycles. The van der Waals surface area contributed by atoms with Crippen LogP contribution in [0.25, 0.3) is 0 Å². The molecule has 1 heterocycles. The van der Waals surface area contributed by atoms with Crippen LogP contribution in [0.1, 0.15) is 31.9 Å². The predicted molar refractivity (Wildman–Crippen MR) is 87.2 cm³/mol. The highest BCUT2D eigenvalue weighted by Gasteiger charge is 2.33. The topological polar surface area (TPSA) is 49.4 Å². The minimum absolute atomic E-state index is 0.0583. The Hall–Kier alpha value is -0.910. The number of piperazine rings is 1. The van der Waals surface area contributed by atoms with E-state index >= 15 is 0 Å². The fourth-order valence-corrected chi connectivity index (χ4v) is 3.49. The molecule has 1 fully saturated rings. The van der Waals surface area contributed by atoms with Crippen molar-refractivity contribution in [3.8, 4) is 0 Å². The fraction of sp³-hybridized carbons (Fsp3) is 0.625. The summed E-state index contributed by atoms with van der Waals surface area (Å²) in [6.45, 7) is 7.07. The Balaban J connectivity index is 2.00. The summed E-state index contributed by atoms with van der Waals surface area (Å²) >= 11 is 0. The standard InChI is InChI=1S/C16H26N2O2S/c1-16(2)13-17-15(14-8-5-4-6-9-14)12-18(16)10-7-11-21(3,19)20/h4-6,8-9,15,17H,7,10-13H2,1-3H3. The Morgan fingerprint density at radius 3 is 2.57 bits per heavy atom. The zero-order valence-electron chi connectivity index (χ0n) is 13.2. The van der Waals surface area contributed by atoms with E-state index < -0.39 is 9.84 Å². The van der Waals surface area contributed by atoms with Crippen molar-refractivity contribution in [2.75, 3.05) is 31.6 Å². The molecule has 0 spiro atoms. The molecule has 0 saturated carbocycles. The average molecular weight is 310 g/mol. The van der Waals surface area contributed by atoms with Gasteiger partial charge in [-0.3, -0.25) is 4.90 Å². The monoisotopic (exact) mass is 310 g/mol. The van der Waals surface area contributed by atoms with Gasteiger partial charge in [-0.05, 0) is 32.4 Å². The third kappa shape index (κ3) is 4.80. The van der Waals surface area contributed by atoms with Crippen LogP contribution in [-0.2, 0) is 9.84 Å². The van der Waals surface area contributed by atoms with Crippen molar-refractivity contribution in [3.05, 3.63) is 35.9 Å². The lowest BCUT2D eigenvalue weighted by Gasteiger charge is -2.46. The van der Waals surface area contributed by atoms with Gasteiger partial charge in [-0.15, -0.1) is 0 Å². The summed E-state index contributed by atoms with van der Waals surface area (Å²) in [6.07, 6.45) is 2.01. The summed E-state index contributed by atoms with van der Waals surface area (Å²) in [7, 11) is -2.87. The lowest BCUT2D eigenvalue weighted by atomic mass is 9.94. The summed E-state index contributed by atoms with van der Waals surface area (Å²) in [4.78, 5) is 2.41. The van der Waals surface area contributed by atoms with Crippen LogP contribution in [0.2, 0.25) is 0 Å². The van der Waals surface area contributed by atoms with Gasteiger partial charge in [0.15, 0.2) is 0 Å². The zero-order chi connectivity index (χ0) is 15.5. The van der Waals surface area contributed by atoms with Gasteiger partial charge in [0.05, 0.1) is 5.75 Å². The van der Waals surface area contributed by atoms with Gasteiger partial charge in [-0.2, -0.15) is 0 Å². The number of hydrogen-bond donors (Lipinski definition) is 1. The molecule has 1 aliphatic rings. The molecule has 1 atom stereocenters. The maximum absolute atomic E-state index is 11.3. The molecule has 2 rings (SSSR count). The van der Waals surface area contributed by atoms with Gasteiger partial charge in [0.1, 0.15) is 9.84 Å². The summed E-state index contributed by atoms with van der Waals surface area (Å²) in [5.74, 6) is 0.267. The maximum atomic E-state index is 11.3. The van der Waals surface area contributed by atoms with Crippen molar-refractivity contribution in [2.24, 2.45) is 0 Å². The van der Waals surface area contributed by atoms with Crippen molar-refractivity contribution in [2.45, 2.75) is 31.8 Å². The predicted octanol–water partition coefficient (Wildman–Crippen LogP) is 1.85. The zero-order valence-corrected chi connectivity index (χ0v) is 14.0. The average Bonchev–Trinajstić information content (AvgIpc) is 2.40. The number of rotatable bonds is 5. The molecule has 21 heavy (non-hydrogen) atoms. The molecule has 1 aromatic carbocycles. The molecule has 1 unspecified atom stereocenters. The van der Waals surface area contributed by atoms with Crippen LogP contribution in [0.15, 0.2) is 30.3 Å². The minimum atomic E-state index is -2.87. The van der Waals surface area contributed by atoms with Crippen LogP contribution in [0.3, 0.4) is 0 Å². The summed E-state index contributed by atoms with van der Waals surface area (Å²) in [5.41, 5.74) is 1.35. The van der Waals surface area contributed by atoms with Crippen molar-refractivity contribution in [1.82, 2.24) is 10.2 Å². The third-order valence-electron chi connectivity index (χ3n) is 4.19. The van der Waals surface area contributed by atoms with E-state index in [1.54, 1.807) is 0 Å². The molecule has 0 amide bonds. The van der Waals surface area contributed by atoms with Crippen LogP contribution in [0, 0.1) is 0 Å². The second kappa shape index (κ2) is 6.46. The van der Waals surface area contributed by atoms with Gasteiger partial charge in [0.25, 0.3) is 0 Å². The summed E-state index contributed by atoms with van der Waals surface area (Å²) < 4.78 is 22.6. The van der Waals surface area contributed by atoms with Gasteiger partial charge < -0.3 is 5.32 Å². The number of benzene rings is 1. The minimum Gasteiger partial charge on any atom is -0.307 e. The summed E-state index contributed by atoms with van der Waals surface area (Å²) in [6, 6.07) is 10.8. The van der Waals surface area contributed by atoms with Crippen LogP contribution in [0.4, 0.5) is 0 Å². The molecular formula is C16H26N2O2S. The van der Waals surface area contributed by atoms with E-state index in [0.717, 1.165) is 19.6 Å². The van der Waals surface area contributed by atoms with Crippen LogP contribution in [-0.4, -0.2) is 50.5 Å². The SMILES string of the molecule is CC1(C)CNC(c2ccccc2)CN1CCCS(C)(=O)=O. The van der Waals surface area contributed by atoms with Gasteiger partial charge >= 0.3 is 0 Å². The number of nitrogens with zero attached hydrogens (tertiary/aromatic N) is 1. The molecule has 0 aliphatic carbocycles. The van der Waals surface area contributed by atoms with Crippen molar-refractivity contribution < 1.29 is 8.42 Å². The smallest absolute Gasteiger partial charge is 0.147 e. The quantitative estimate of drug-likeness (QED) is 0.902. The molecule has 0 bridgehead atoms. The summed E-state index contributed by atoms with van der Waals surface area (Å²) in [5, 5.41) is 3.60. The first-order valence-electron chi connectivity index (χ1n) is 7.49. The van der Waals surface area contributed by atoms with Crippen LogP contribution >= 0.6 is 0 Å². The lowest BCUT2D eigenvalue weighted by Crippen LogP contribution is -2.59. The highest BCUT2D eigenvalue weighted by Crippen LogP contribution is 2.25. The van der Waals surface area contributed by atoms with E-state index in [0.29, 0.717) is 12.5 Å². The molecule has 4 nitrogen and oxygen atoms in total. The molecule has 0 radical (unpaired) electrons. The van der Waals surface area contributed by atoms with Crippen molar-refractivity contribution in [3.63, 3.8) is 0 Å². The Bertz CT molecular complexity index is 555. The highest BCUT2D eigenvalue weighted by atomic mass is 32.2. The van der Waals surface area contributed by atoms with Crippen LogP contribution in [0.5, 0.6) is 0 Å². The van der Waals surface area contributed by atoms with E-state index in [1.807, 2.05) is 6.07 Å². The first-order valence-corrected chi connectivity index (χ1v) is 9.55. The Labute approximate surface area is 128 Å². The molecule has 1 saturated heterocycles. The Morgan fingerprint density at radius 1 is 1.29 bits per heavy atom. The maximum Gasteiger partial charge on any atom is 0.147 e. The number of sulfone groups is 1. The Morgan fingerprint density at radius 2 is 1.95 bits per heavy atom. The van der Waals surface area contributed by atoms with Gasteiger partial charge in [0, 0.05) is 30.9 Å². The van der Waals surface area contributed by atoms with E-state index in [9.17, 15) is 8.42 Å².